The summed E-state index contributed by atoms with van der Waals surface area (Å²) < 4.78 is 47.7. The predicted octanol–water partition coefficient (Wildman–Crippen LogP) is 3.13. The molecular formula is C34H61N3O12S. The number of amides is 3. The minimum Gasteiger partial charge on any atom is -0.463 e. The van der Waals surface area contributed by atoms with Gasteiger partial charge in [0.25, 0.3) is 0 Å². The van der Waals surface area contributed by atoms with Crippen LogP contribution in [0.2, 0.25) is 0 Å². The van der Waals surface area contributed by atoms with Crippen molar-refractivity contribution < 1.29 is 55.7 Å². The summed E-state index contributed by atoms with van der Waals surface area (Å²) in [6, 6.07) is -4.68. The van der Waals surface area contributed by atoms with E-state index < -0.39 is 101 Å². The van der Waals surface area contributed by atoms with Crippen molar-refractivity contribution in [1.82, 2.24) is 16.0 Å². The summed E-state index contributed by atoms with van der Waals surface area (Å²) in [7, 11) is -5.10. The van der Waals surface area contributed by atoms with Crippen LogP contribution in [-0.4, -0.2) is 90.8 Å². The van der Waals surface area contributed by atoms with Gasteiger partial charge in [-0.05, 0) is 25.7 Å². The molecule has 0 spiro atoms. The summed E-state index contributed by atoms with van der Waals surface area (Å²) in [5.41, 5.74) is 0. The molecule has 1 saturated heterocycles. The topological polar surface area (TPSA) is 224 Å². The van der Waals surface area contributed by atoms with E-state index in [0.29, 0.717) is 12.8 Å². The molecule has 15 nitrogen and oxygen atoms in total. The van der Waals surface area contributed by atoms with Crippen molar-refractivity contribution in [2.45, 2.75) is 162 Å². The molecule has 16 heteroatoms. The number of hydrogen-bond acceptors (Lipinski definition) is 11. The van der Waals surface area contributed by atoms with Crippen LogP contribution >= 0.6 is 0 Å². The van der Waals surface area contributed by atoms with Gasteiger partial charge in [0.05, 0.1) is 12.0 Å². The fourth-order valence-electron chi connectivity index (χ4n) is 5.84. The molecule has 5 N–H and O–H groups in total. The van der Waals surface area contributed by atoms with Crippen molar-refractivity contribution in [2.75, 3.05) is 6.61 Å². The zero-order valence-corrected chi connectivity index (χ0v) is 31.6. The summed E-state index contributed by atoms with van der Waals surface area (Å²) in [6.45, 7) is 10.1. The van der Waals surface area contributed by atoms with Crippen LogP contribution in [0.4, 0.5) is 0 Å². The van der Waals surface area contributed by atoms with Crippen LogP contribution in [-0.2, 0) is 48.0 Å². The number of nitrogens with one attached hydrogen (secondary N) is 3. The Labute approximate surface area is 297 Å². The SMILES string of the molecule is CCCCCCCCCCCCC[C@H]1OC(=O)[C@H](COC(C)=O)NC(=O)[C@@H]([C@H](C)OS(=O)(=O)O)NC(=O)[C@H](C(C)C)NC(=O)[C@@H](C)[C@H](O)[C@H]1C. The molecule has 0 unspecified atom stereocenters. The third-order valence-corrected chi connectivity index (χ3v) is 9.58. The summed E-state index contributed by atoms with van der Waals surface area (Å²) in [5.74, 6) is -6.86. The lowest BCUT2D eigenvalue weighted by atomic mass is 9.86. The predicted molar refractivity (Wildman–Crippen MR) is 185 cm³/mol. The number of esters is 2. The fourth-order valence-corrected chi connectivity index (χ4v) is 6.33. The molecule has 1 heterocycles. The first-order valence-corrected chi connectivity index (χ1v) is 19.3. The average Bonchev–Trinajstić information content (AvgIpc) is 3.03. The quantitative estimate of drug-likeness (QED) is 0.0778. The second kappa shape index (κ2) is 22.9. The van der Waals surface area contributed by atoms with E-state index in [2.05, 4.69) is 27.1 Å². The molecule has 50 heavy (non-hydrogen) atoms. The van der Waals surface area contributed by atoms with Gasteiger partial charge >= 0.3 is 22.3 Å². The first-order valence-electron chi connectivity index (χ1n) is 18.0. The van der Waals surface area contributed by atoms with Gasteiger partial charge in [-0.15, -0.1) is 0 Å². The monoisotopic (exact) mass is 735 g/mol. The zero-order valence-electron chi connectivity index (χ0n) is 30.8. The molecule has 8 atom stereocenters. The Bertz CT molecular complexity index is 1200. The third kappa shape index (κ3) is 16.9. The van der Waals surface area contributed by atoms with Crippen molar-refractivity contribution in [3.8, 4) is 0 Å². The highest BCUT2D eigenvalue weighted by molar-refractivity contribution is 7.80. The summed E-state index contributed by atoms with van der Waals surface area (Å²) in [4.78, 5) is 65.6. The maximum Gasteiger partial charge on any atom is 0.397 e. The van der Waals surface area contributed by atoms with Crippen molar-refractivity contribution >= 4 is 40.1 Å². The molecule has 0 aliphatic carbocycles. The summed E-state index contributed by atoms with van der Waals surface area (Å²) in [6.07, 6.45) is 8.47. The molecule has 0 aromatic rings. The number of rotatable bonds is 18. The van der Waals surface area contributed by atoms with Gasteiger partial charge in [-0.3, -0.25) is 23.7 Å². The lowest BCUT2D eigenvalue weighted by Gasteiger charge is -2.32. The molecule has 0 aromatic heterocycles. The van der Waals surface area contributed by atoms with Crippen LogP contribution in [0.25, 0.3) is 0 Å². The molecule has 0 bridgehead atoms. The average molecular weight is 736 g/mol. The van der Waals surface area contributed by atoms with Gasteiger partial charge in [-0.25, -0.2) is 8.98 Å². The van der Waals surface area contributed by atoms with E-state index in [1.807, 2.05) is 0 Å². The Morgan fingerprint density at radius 3 is 1.82 bits per heavy atom. The van der Waals surface area contributed by atoms with Gasteiger partial charge in [0.2, 0.25) is 17.7 Å². The molecule has 0 saturated carbocycles. The standard InChI is InChI=1S/C34H61N3O12S/c1-8-9-10-11-12-13-14-15-16-17-18-19-27-22(4)30(39)23(5)31(40)36-28(21(2)3)32(41)37-29(24(6)49-50(44,45)46)33(42)35-26(34(43)48-27)20-47-25(7)38/h21-24,26-30,39H,8-20H2,1-7H3,(H,35,42)(H,36,40)(H,37,41)(H,44,45,46)/t22-,23-,24-,26-,27+,28-,29+,30+/m0/s1. The Balaban J connectivity index is 3.35. The van der Waals surface area contributed by atoms with E-state index in [1.165, 1.54) is 45.4 Å². The second-order valence-corrected chi connectivity index (χ2v) is 14.8. The molecule has 290 valence electrons. The number of aliphatic hydroxyl groups is 1. The van der Waals surface area contributed by atoms with Gasteiger partial charge in [-0.1, -0.05) is 98.8 Å². The molecule has 3 amide bonds. The van der Waals surface area contributed by atoms with E-state index in [4.69, 9.17) is 9.47 Å². The number of cyclic esters (lactones) is 1. The van der Waals surface area contributed by atoms with Crippen LogP contribution in [0.15, 0.2) is 0 Å². The van der Waals surface area contributed by atoms with Crippen LogP contribution in [0.3, 0.4) is 0 Å². The largest absolute Gasteiger partial charge is 0.463 e. The Hall–Kier alpha value is -2.82. The van der Waals surface area contributed by atoms with Crippen molar-refractivity contribution in [3.63, 3.8) is 0 Å². The van der Waals surface area contributed by atoms with Gasteiger partial charge in [0.1, 0.15) is 30.9 Å². The van der Waals surface area contributed by atoms with E-state index >= 15 is 0 Å². The van der Waals surface area contributed by atoms with E-state index in [-0.39, 0.29) is 0 Å². The fraction of sp³-hybridized carbons (Fsp3) is 0.853. The number of carbonyl (C=O) groups is 5. The smallest absolute Gasteiger partial charge is 0.397 e. The first kappa shape index (κ1) is 45.2. The molecule has 0 aromatic carbocycles. The van der Waals surface area contributed by atoms with Gasteiger partial charge in [0.15, 0.2) is 6.04 Å². The molecule has 0 radical (unpaired) electrons. The van der Waals surface area contributed by atoms with Crippen molar-refractivity contribution in [1.29, 1.82) is 0 Å². The third-order valence-electron chi connectivity index (χ3n) is 9.03. The zero-order chi connectivity index (χ0) is 38.0. The van der Waals surface area contributed by atoms with Crippen molar-refractivity contribution in [3.05, 3.63) is 0 Å². The molecule has 1 fully saturated rings. The first-order chi connectivity index (χ1) is 23.4. The minimum atomic E-state index is -5.10. The normalized spacial score (nSPS) is 26.6. The second-order valence-electron chi connectivity index (χ2n) is 13.7. The van der Waals surface area contributed by atoms with Gasteiger partial charge in [0, 0.05) is 12.8 Å². The van der Waals surface area contributed by atoms with E-state index in [1.54, 1.807) is 20.8 Å². The molecule has 1 aliphatic rings. The Morgan fingerprint density at radius 2 is 1.32 bits per heavy atom. The summed E-state index contributed by atoms with van der Waals surface area (Å²) >= 11 is 0. The molecular weight excluding hydrogens is 674 g/mol. The Morgan fingerprint density at radius 1 is 0.820 bits per heavy atom. The van der Waals surface area contributed by atoms with E-state index in [0.717, 1.165) is 39.5 Å². The van der Waals surface area contributed by atoms with Crippen molar-refractivity contribution in [2.24, 2.45) is 17.8 Å². The van der Waals surface area contributed by atoms with Crippen LogP contribution in [0, 0.1) is 17.8 Å². The van der Waals surface area contributed by atoms with Crippen LogP contribution in [0.5, 0.6) is 0 Å². The maximum atomic E-state index is 13.6. The highest BCUT2D eigenvalue weighted by Gasteiger charge is 2.40. The number of aliphatic hydroxyl groups excluding tert-OH is 1. The minimum absolute atomic E-state index is 0.333. The molecule has 1 aliphatic heterocycles. The highest BCUT2D eigenvalue weighted by atomic mass is 32.3. The molecule has 1 rings (SSSR count). The number of hydrogen-bond donors (Lipinski definition) is 5. The van der Waals surface area contributed by atoms with Crippen LogP contribution < -0.4 is 16.0 Å². The van der Waals surface area contributed by atoms with Gasteiger partial charge in [-0.2, -0.15) is 8.42 Å². The summed E-state index contributed by atoms with van der Waals surface area (Å²) in [5, 5.41) is 18.6. The lowest BCUT2D eigenvalue weighted by molar-refractivity contribution is -0.162. The number of carbonyl (C=O) groups excluding carboxylic acids is 5. The number of unbranched alkanes of at least 4 members (excludes halogenated alkanes) is 10. The maximum absolute atomic E-state index is 13.6. The Kier molecular flexibility index (Phi) is 20.7. The van der Waals surface area contributed by atoms with E-state index in [9.17, 15) is 42.0 Å². The van der Waals surface area contributed by atoms with Gasteiger partial charge < -0.3 is 30.5 Å². The lowest BCUT2D eigenvalue weighted by Crippen LogP contribution is -2.61. The number of ether oxygens (including phenoxy) is 2. The highest BCUT2D eigenvalue weighted by Crippen LogP contribution is 2.25. The van der Waals surface area contributed by atoms with Crippen LogP contribution in [0.1, 0.15) is 126 Å².